The Hall–Kier alpha value is -2.60. The van der Waals surface area contributed by atoms with Crippen LogP contribution in [0.15, 0.2) is 24.3 Å². The molecule has 0 aliphatic heterocycles. The van der Waals surface area contributed by atoms with Crippen LogP contribution < -0.4 is 0 Å². The number of H-pyrrole nitrogens is 1. The van der Waals surface area contributed by atoms with Crippen LogP contribution in [0.1, 0.15) is 62.2 Å². The van der Waals surface area contributed by atoms with Gasteiger partial charge in [0.25, 0.3) is 5.91 Å². The summed E-state index contributed by atoms with van der Waals surface area (Å²) in [7, 11) is 0. The number of nitrogens with zero attached hydrogens (tertiary/aromatic N) is 1. The SMILES string of the molecule is CCOC(=O)c1[nH]c(C)c(C(=O)CN(C(=O)c2ccc(Cl)cc2)C2CC2)c1C. The molecule has 1 N–H and O–H groups in total. The van der Waals surface area contributed by atoms with Crippen molar-refractivity contribution in [3.8, 4) is 0 Å². The molecule has 0 atom stereocenters. The molecule has 3 rings (SSSR count). The molecule has 2 aromatic rings. The number of aromatic nitrogens is 1. The molecule has 28 heavy (non-hydrogen) atoms. The molecule has 0 radical (unpaired) electrons. The van der Waals surface area contributed by atoms with Crippen LogP contribution in [0, 0.1) is 13.8 Å². The normalized spacial score (nSPS) is 13.3. The van der Waals surface area contributed by atoms with Crippen molar-refractivity contribution in [3.05, 3.63) is 57.4 Å². The van der Waals surface area contributed by atoms with Crippen LogP contribution in [0.3, 0.4) is 0 Å². The zero-order valence-corrected chi connectivity index (χ0v) is 16.9. The number of ether oxygens (including phenoxy) is 1. The number of benzene rings is 1. The van der Waals surface area contributed by atoms with Crippen molar-refractivity contribution in [2.45, 2.75) is 39.7 Å². The van der Waals surface area contributed by atoms with Crippen molar-refractivity contribution in [2.75, 3.05) is 13.2 Å². The van der Waals surface area contributed by atoms with E-state index in [0.29, 0.717) is 27.4 Å². The van der Waals surface area contributed by atoms with Gasteiger partial charge in [-0.15, -0.1) is 0 Å². The molecule has 1 fully saturated rings. The zero-order chi connectivity index (χ0) is 20.4. The quantitative estimate of drug-likeness (QED) is 0.561. The van der Waals surface area contributed by atoms with Gasteiger partial charge in [-0.2, -0.15) is 0 Å². The van der Waals surface area contributed by atoms with Crippen LogP contribution in [-0.2, 0) is 4.74 Å². The van der Waals surface area contributed by atoms with Crippen molar-refractivity contribution in [3.63, 3.8) is 0 Å². The summed E-state index contributed by atoms with van der Waals surface area (Å²) in [6.45, 7) is 5.40. The molecule has 6 nitrogen and oxygen atoms in total. The van der Waals surface area contributed by atoms with E-state index in [1.807, 2.05) is 0 Å². The van der Waals surface area contributed by atoms with Crippen LogP contribution in [0.2, 0.25) is 5.02 Å². The summed E-state index contributed by atoms with van der Waals surface area (Å²) in [5.74, 6) is -0.876. The lowest BCUT2D eigenvalue weighted by Crippen LogP contribution is -2.37. The first-order valence-electron chi connectivity index (χ1n) is 9.29. The molecule has 1 aromatic heterocycles. The minimum absolute atomic E-state index is 0.0338. The molecule has 0 unspecified atom stereocenters. The number of hydrogen-bond acceptors (Lipinski definition) is 4. The molecule has 1 amide bonds. The Morgan fingerprint density at radius 1 is 1.18 bits per heavy atom. The minimum Gasteiger partial charge on any atom is -0.461 e. The van der Waals surface area contributed by atoms with Gasteiger partial charge in [-0.05, 0) is 63.4 Å². The van der Waals surface area contributed by atoms with Crippen molar-refractivity contribution in [2.24, 2.45) is 0 Å². The summed E-state index contributed by atoms with van der Waals surface area (Å²) in [5, 5.41) is 0.552. The van der Waals surface area contributed by atoms with Gasteiger partial charge in [-0.25, -0.2) is 4.79 Å². The predicted molar refractivity (Wildman–Crippen MR) is 106 cm³/mol. The third-order valence-electron chi connectivity index (χ3n) is 4.85. The summed E-state index contributed by atoms with van der Waals surface area (Å²) in [4.78, 5) is 42.6. The van der Waals surface area contributed by atoms with Gasteiger partial charge in [0.05, 0.1) is 13.2 Å². The van der Waals surface area contributed by atoms with Crippen molar-refractivity contribution in [1.82, 2.24) is 9.88 Å². The second kappa shape index (κ2) is 8.19. The van der Waals surface area contributed by atoms with Gasteiger partial charge in [0.15, 0.2) is 5.78 Å². The van der Waals surface area contributed by atoms with Crippen LogP contribution in [0.5, 0.6) is 0 Å². The summed E-state index contributed by atoms with van der Waals surface area (Å²) in [6, 6.07) is 6.71. The monoisotopic (exact) mass is 402 g/mol. The molecule has 1 aliphatic rings. The van der Waals surface area contributed by atoms with E-state index in [9.17, 15) is 14.4 Å². The lowest BCUT2D eigenvalue weighted by atomic mass is 10.0. The maximum Gasteiger partial charge on any atom is 0.355 e. The summed E-state index contributed by atoms with van der Waals surface area (Å²) in [6.07, 6.45) is 1.76. The van der Waals surface area contributed by atoms with E-state index in [-0.39, 0.29) is 36.6 Å². The average Bonchev–Trinajstić information content (AvgIpc) is 3.45. The number of Topliss-reactive ketones (excluding diaryl/α,β-unsaturated/α-hetero) is 1. The lowest BCUT2D eigenvalue weighted by molar-refractivity contribution is 0.0519. The molecular formula is C21H23ClN2O4. The van der Waals surface area contributed by atoms with E-state index in [0.717, 1.165) is 12.8 Å². The molecule has 0 bridgehead atoms. The number of amides is 1. The van der Waals surface area contributed by atoms with Gasteiger partial charge in [0, 0.05) is 27.9 Å². The van der Waals surface area contributed by atoms with E-state index in [4.69, 9.17) is 16.3 Å². The molecule has 7 heteroatoms. The highest BCUT2D eigenvalue weighted by molar-refractivity contribution is 6.30. The second-order valence-electron chi connectivity index (χ2n) is 6.94. The van der Waals surface area contributed by atoms with Crippen molar-refractivity contribution < 1.29 is 19.1 Å². The van der Waals surface area contributed by atoms with Crippen LogP contribution in [0.4, 0.5) is 0 Å². The molecule has 1 heterocycles. The number of rotatable bonds is 7. The van der Waals surface area contributed by atoms with E-state index in [2.05, 4.69) is 4.98 Å². The third kappa shape index (κ3) is 4.12. The third-order valence-corrected chi connectivity index (χ3v) is 5.10. The first-order chi connectivity index (χ1) is 13.3. The Bertz CT molecular complexity index is 913. The Labute approximate surface area is 168 Å². The number of aryl methyl sites for hydroxylation is 1. The first-order valence-corrected chi connectivity index (χ1v) is 9.67. The standard InChI is InChI=1S/C21H23ClN2O4/c1-4-28-21(27)19-12(2)18(13(3)23-19)17(25)11-24(16-9-10-16)20(26)14-5-7-15(22)8-6-14/h5-8,16,23H,4,9-11H2,1-3H3. The summed E-state index contributed by atoms with van der Waals surface area (Å²) in [5.41, 5.74) is 2.37. The van der Waals surface area contributed by atoms with Crippen molar-refractivity contribution >= 4 is 29.3 Å². The fourth-order valence-electron chi connectivity index (χ4n) is 3.32. The van der Waals surface area contributed by atoms with Gasteiger partial charge < -0.3 is 14.6 Å². The van der Waals surface area contributed by atoms with Gasteiger partial charge >= 0.3 is 5.97 Å². The average molecular weight is 403 g/mol. The summed E-state index contributed by atoms with van der Waals surface area (Å²) >= 11 is 5.90. The van der Waals surface area contributed by atoms with Gasteiger partial charge in [0.2, 0.25) is 0 Å². The minimum atomic E-state index is -0.488. The topological polar surface area (TPSA) is 79.5 Å². The first kappa shape index (κ1) is 20.1. The maximum absolute atomic E-state index is 13.0. The highest BCUT2D eigenvalue weighted by Gasteiger charge is 2.35. The molecule has 0 saturated heterocycles. The second-order valence-corrected chi connectivity index (χ2v) is 7.38. The highest BCUT2D eigenvalue weighted by Crippen LogP contribution is 2.29. The number of carbonyl (C=O) groups excluding carboxylic acids is 3. The number of esters is 1. The fourth-order valence-corrected chi connectivity index (χ4v) is 3.45. The Balaban J connectivity index is 1.83. The molecule has 0 spiro atoms. The Morgan fingerprint density at radius 2 is 1.82 bits per heavy atom. The van der Waals surface area contributed by atoms with Crippen LogP contribution in [0.25, 0.3) is 0 Å². The zero-order valence-electron chi connectivity index (χ0n) is 16.2. The fraction of sp³-hybridized carbons (Fsp3) is 0.381. The molecule has 148 valence electrons. The number of ketones is 1. The lowest BCUT2D eigenvalue weighted by Gasteiger charge is -2.22. The number of halogens is 1. The van der Waals surface area contributed by atoms with Gasteiger partial charge in [-0.1, -0.05) is 11.6 Å². The number of nitrogens with one attached hydrogen (secondary N) is 1. The van der Waals surface area contributed by atoms with Crippen molar-refractivity contribution in [1.29, 1.82) is 0 Å². The number of hydrogen-bond donors (Lipinski definition) is 1. The van der Waals surface area contributed by atoms with E-state index in [1.165, 1.54) is 0 Å². The highest BCUT2D eigenvalue weighted by atomic mass is 35.5. The number of carbonyl (C=O) groups is 3. The van der Waals surface area contributed by atoms with Gasteiger partial charge in [-0.3, -0.25) is 9.59 Å². The summed E-state index contributed by atoms with van der Waals surface area (Å²) < 4.78 is 5.04. The van der Waals surface area contributed by atoms with E-state index < -0.39 is 5.97 Å². The number of aromatic amines is 1. The largest absolute Gasteiger partial charge is 0.461 e. The Kier molecular flexibility index (Phi) is 5.89. The molecule has 1 saturated carbocycles. The van der Waals surface area contributed by atoms with Crippen LogP contribution in [-0.4, -0.2) is 46.7 Å². The maximum atomic E-state index is 13.0. The molecule has 1 aromatic carbocycles. The van der Waals surface area contributed by atoms with Gasteiger partial charge in [0.1, 0.15) is 5.69 Å². The van der Waals surface area contributed by atoms with E-state index in [1.54, 1.807) is 49.9 Å². The molecule has 1 aliphatic carbocycles. The predicted octanol–water partition coefficient (Wildman–Crippen LogP) is 3.95. The van der Waals surface area contributed by atoms with E-state index >= 15 is 0 Å². The van der Waals surface area contributed by atoms with Crippen LogP contribution >= 0.6 is 11.6 Å². The Morgan fingerprint density at radius 3 is 2.39 bits per heavy atom. The smallest absolute Gasteiger partial charge is 0.355 e. The molecular weight excluding hydrogens is 380 g/mol.